The van der Waals surface area contributed by atoms with Gasteiger partial charge in [-0.05, 0) is 63.8 Å². The van der Waals surface area contributed by atoms with E-state index in [4.69, 9.17) is 11.6 Å². The van der Waals surface area contributed by atoms with E-state index in [1.165, 1.54) is 13.0 Å². The molecule has 112 valence electrons. The van der Waals surface area contributed by atoms with Gasteiger partial charge < -0.3 is 5.11 Å². The second-order valence-corrected chi connectivity index (χ2v) is 5.91. The number of halogens is 5. The zero-order chi connectivity index (χ0) is 15.8. The van der Waals surface area contributed by atoms with Crippen LogP contribution in [0.2, 0.25) is 5.02 Å². The molecule has 2 aromatic carbocycles. The minimum atomic E-state index is -4.39. The SMILES string of the molecule is Cc1cc(C(F)(F)F)ccc1C(O)c1ccc(Br)c(Cl)c1. The number of aliphatic hydroxyl groups is 1. The van der Waals surface area contributed by atoms with E-state index in [-0.39, 0.29) is 0 Å². The van der Waals surface area contributed by atoms with Crippen molar-refractivity contribution in [2.24, 2.45) is 0 Å². The molecule has 1 N–H and O–H groups in total. The van der Waals surface area contributed by atoms with Crippen LogP contribution in [0, 0.1) is 6.92 Å². The van der Waals surface area contributed by atoms with Crippen LogP contribution in [-0.2, 0) is 6.18 Å². The van der Waals surface area contributed by atoms with Crippen molar-refractivity contribution in [3.8, 4) is 0 Å². The summed E-state index contributed by atoms with van der Waals surface area (Å²) in [7, 11) is 0. The average molecular weight is 380 g/mol. The van der Waals surface area contributed by atoms with E-state index < -0.39 is 17.8 Å². The van der Waals surface area contributed by atoms with Crippen molar-refractivity contribution in [3.05, 3.63) is 68.1 Å². The summed E-state index contributed by atoms with van der Waals surface area (Å²) < 4.78 is 38.6. The van der Waals surface area contributed by atoms with Crippen LogP contribution in [-0.4, -0.2) is 5.11 Å². The second-order valence-electron chi connectivity index (χ2n) is 4.65. The summed E-state index contributed by atoms with van der Waals surface area (Å²) in [6.07, 6.45) is -5.42. The molecule has 0 heterocycles. The molecule has 0 radical (unpaired) electrons. The van der Waals surface area contributed by atoms with Gasteiger partial charge in [-0.2, -0.15) is 13.2 Å². The molecule has 6 heteroatoms. The summed E-state index contributed by atoms with van der Waals surface area (Å²) in [5.41, 5.74) is 0.577. The molecule has 0 aliphatic rings. The van der Waals surface area contributed by atoms with Crippen molar-refractivity contribution in [2.75, 3.05) is 0 Å². The van der Waals surface area contributed by atoms with E-state index in [9.17, 15) is 18.3 Å². The lowest BCUT2D eigenvalue weighted by molar-refractivity contribution is -0.137. The standard InChI is InChI=1S/C15H11BrClF3O/c1-8-6-10(15(18,19)20)3-4-11(8)14(21)9-2-5-12(16)13(17)7-9/h2-7,14,21H,1H3. The third-order valence-corrected chi connectivity index (χ3v) is 4.38. The van der Waals surface area contributed by atoms with Gasteiger partial charge in [-0.25, -0.2) is 0 Å². The molecular formula is C15H11BrClF3O. The fraction of sp³-hybridized carbons (Fsp3) is 0.200. The van der Waals surface area contributed by atoms with E-state index in [2.05, 4.69) is 15.9 Å². The van der Waals surface area contributed by atoms with Crippen LogP contribution in [0.15, 0.2) is 40.9 Å². The molecule has 0 aromatic heterocycles. The Morgan fingerprint density at radius 1 is 1.14 bits per heavy atom. The minimum absolute atomic E-state index is 0.372. The number of hydrogen-bond acceptors (Lipinski definition) is 1. The number of rotatable bonds is 2. The lowest BCUT2D eigenvalue weighted by Gasteiger charge is -2.16. The van der Waals surface area contributed by atoms with Crippen LogP contribution in [0.25, 0.3) is 0 Å². The van der Waals surface area contributed by atoms with E-state index in [1.807, 2.05) is 0 Å². The molecule has 0 aliphatic heterocycles. The first-order chi connectivity index (χ1) is 9.70. The van der Waals surface area contributed by atoms with Crippen LogP contribution in [0.4, 0.5) is 13.2 Å². The highest BCUT2D eigenvalue weighted by molar-refractivity contribution is 9.10. The highest BCUT2D eigenvalue weighted by Crippen LogP contribution is 2.34. The number of aryl methyl sites for hydroxylation is 1. The molecule has 1 nitrogen and oxygen atoms in total. The Balaban J connectivity index is 2.39. The van der Waals surface area contributed by atoms with Crippen molar-refractivity contribution in [3.63, 3.8) is 0 Å². The first kappa shape index (κ1) is 16.3. The topological polar surface area (TPSA) is 20.2 Å². The van der Waals surface area contributed by atoms with E-state index >= 15 is 0 Å². The Morgan fingerprint density at radius 3 is 2.33 bits per heavy atom. The van der Waals surface area contributed by atoms with E-state index in [0.29, 0.717) is 26.2 Å². The Bertz CT molecular complexity index is 670. The number of alkyl halides is 3. The van der Waals surface area contributed by atoms with Crippen LogP contribution < -0.4 is 0 Å². The van der Waals surface area contributed by atoms with Gasteiger partial charge in [0.2, 0.25) is 0 Å². The van der Waals surface area contributed by atoms with Gasteiger partial charge in [-0.15, -0.1) is 0 Å². The normalized spacial score (nSPS) is 13.3. The monoisotopic (exact) mass is 378 g/mol. The third kappa shape index (κ3) is 3.59. The highest BCUT2D eigenvalue weighted by atomic mass is 79.9. The van der Waals surface area contributed by atoms with Crippen molar-refractivity contribution < 1.29 is 18.3 Å². The molecule has 0 saturated carbocycles. The lowest BCUT2D eigenvalue weighted by atomic mass is 9.96. The van der Waals surface area contributed by atoms with Crippen LogP contribution >= 0.6 is 27.5 Å². The molecule has 0 aliphatic carbocycles. The molecular weight excluding hydrogens is 369 g/mol. The van der Waals surface area contributed by atoms with Crippen molar-refractivity contribution in [1.82, 2.24) is 0 Å². The first-order valence-electron chi connectivity index (χ1n) is 6.01. The molecule has 2 aromatic rings. The zero-order valence-corrected chi connectivity index (χ0v) is 13.2. The van der Waals surface area contributed by atoms with Crippen LogP contribution in [0.1, 0.15) is 28.4 Å². The Kier molecular flexibility index (Phi) is 4.66. The largest absolute Gasteiger partial charge is 0.416 e. The first-order valence-corrected chi connectivity index (χ1v) is 7.18. The fourth-order valence-corrected chi connectivity index (χ4v) is 2.46. The summed E-state index contributed by atoms with van der Waals surface area (Å²) in [5.74, 6) is 0. The van der Waals surface area contributed by atoms with Gasteiger partial charge in [0.1, 0.15) is 6.10 Å². The summed E-state index contributed by atoms with van der Waals surface area (Å²) in [6.45, 7) is 1.54. The van der Waals surface area contributed by atoms with Crippen molar-refractivity contribution >= 4 is 27.5 Å². The molecule has 1 atom stereocenters. The second kappa shape index (κ2) is 5.99. The Labute approximate surface area is 133 Å². The van der Waals surface area contributed by atoms with Gasteiger partial charge in [-0.3, -0.25) is 0 Å². The number of benzene rings is 2. The third-order valence-electron chi connectivity index (χ3n) is 3.15. The average Bonchev–Trinajstić information content (AvgIpc) is 2.40. The maximum atomic E-state index is 12.6. The summed E-state index contributed by atoms with van der Waals surface area (Å²) in [4.78, 5) is 0. The molecule has 1 unspecified atom stereocenters. The fourth-order valence-electron chi connectivity index (χ4n) is 2.02. The van der Waals surface area contributed by atoms with Crippen LogP contribution in [0.5, 0.6) is 0 Å². The molecule has 2 rings (SSSR count). The minimum Gasteiger partial charge on any atom is -0.384 e. The maximum absolute atomic E-state index is 12.6. The van der Waals surface area contributed by atoms with Gasteiger partial charge in [0.05, 0.1) is 10.6 Å². The molecule has 0 amide bonds. The van der Waals surface area contributed by atoms with Gasteiger partial charge in [0.25, 0.3) is 0 Å². The quantitative estimate of drug-likeness (QED) is 0.729. The zero-order valence-electron chi connectivity index (χ0n) is 10.9. The highest BCUT2D eigenvalue weighted by Gasteiger charge is 2.31. The van der Waals surface area contributed by atoms with Crippen molar-refractivity contribution in [1.29, 1.82) is 0 Å². The Morgan fingerprint density at radius 2 is 1.81 bits per heavy atom. The molecule has 0 saturated heterocycles. The summed E-state index contributed by atoms with van der Waals surface area (Å²) >= 11 is 9.21. The summed E-state index contributed by atoms with van der Waals surface area (Å²) in [6, 6.07) is 8.20. The molecule has 21 heavy (non-hydrogen) atoms. The predicted molar refractivity (Wildman–Crippen MR) is 79.4 cm³/mol. The van der Waals surface area contributed by atoms with Crippen molar-refractivity contribution in [2.45, 2.75) is 19.2 Å². The van der Waals surface area contributed by atoms with Crippen LogP contribution in [0.3, 0.4) is 0 Å². The summed E-state index contributed by atoms with van der Waals surface area (Å²) in [5, 5.41) is 10.8. The van der Waals surface area contributed by atoms with Gasteiger partial charge in [0.15, 0.2) is 0 Å². The smallest absolute Gasteiger partial charge is 0.384 e. The Hall–Kier alpha value is -1.04. The number of aliphatic hydroxyl groups excluding tert-OH is 1. The van der Waals surface area contributed by atoms with Gasteiger partial charge in [0, 0.05) is 4.47 Å². The molecule has 0 fully saturated rings. The maximum Gasteiger partial charge on any atom is 0.416 e. The van der Waals surface area contributed by atoms with Gasteiger partial charge >= 0.3 is 6.18 Å². The predicted octanol–water partition coefficient (Wildman–Crippen LogP) is 5.51. The van der Waals surface area contributed by atoms with Gasteiger partial charge in [-0.1, -0.05) is 23.7 Å². The van der Waals surface area contributed by atoms with E-state index in [0.717, 1.165) is 12.1 Å². The number of hydrogen-bond donors (Lipinski definition) is 1. The lowest BCUT2D eigenvalue weighted by Crippen LogP contribution is -2.08. The molecule has 0 bridgehead atoms. The van der Waals surface area contributed by atoms with E-state index in [1.54, 1.807) is 18.2 Å². The molecule has 0 spiro atoms.